The molecular formula is C17H31N3O. The highest BCUT2D eigenvalue weighted by atomic mass is 16.5. The third-order valence-electron chi connectivity index (χ3n) is 3.60. The third kappa shape index (κ3) is 4.97. The maximum absolute atomic E-state index is 5.30. The van der Waals surface area contributed by atoms with Gasteiger partial charge in [0.15, 0.2) is 0 Å². The molecule has 0 aliphatic heterocycles. The largest absolute Gasteiger partial charge is 0.383 e. The van der Waals surface area contributed by atoms with Crippen molar-refractivity contribution in [3.05, 3.63) is 23.4 Å². The Kier molecular flexibility index (Phi) is 6.62. The molecule has 0 bridgehead atoms. The molecule has 1 rings (SSSR count). The maximum Gasteiger partial charge on any atom is 0.129 e. The monoisotopic (exact) mass is 293 g/mol. The summed E-state index contributed by atoms with van der Waals surface area (Å²) in [5.41, 5.74) is 2.45. The Morgan fingerprint density at radius 1 is 1.33 bits per heavy atom. The minimum atomic E-state index is 0.0441. The van der Waals surface area contributed by atoms with Crippen molar-refractivity contribution in [3.63, 3.8) is 0 Å². The van der Waals surface area contributed by atoms with Crippen LogP contribution in [0.5, 0.6) is 0 Å². The van der Waals surface area contributed by atoms with Crippen LogP contribution < -0.4 is 10.2 Å². The van der Waals surface area contributed by atoms with Crippen molar-refractivity contribution < 1.29 is 4.74 Å². The topological polar surface area (TPSA) is 37.4 Å². The van der Waals surface area contributed by atoms with E-state index >= 15 is 0 Å². The number of methoxy groups -OCH3 is 1. The first-order valence-electron chi connectivity index (χ1n) is 7.75. The van der Waals surface area contributed by atoms with Crippen LogP contribution in [0.2, 0.25) is 0 Å². The van der Waals surface area contributed by atoms with E-state index in [1.165, 1.54) is 5.56 Å². The quantitative estimate of drug-likeness (QED) is 0.838. The van der Waals surface area contributed by atoms with Crippen LogP contribution in [0.1, 0.15) is 45.9 Å². The molecule has 0 fully saturated rings. The van der Waals surface area contributed by atoms with Crippen LogP contribution in [0.3, 0.4) is 0 Å². The Balaban J connectivity index is 3.22. The molecule has 0 spiro atoms. The van der Waals surface area contributed by atoms with Gasteiger partial charge in [-0.2, -0.15) is 0 Å². The SMILES string of the molecule is CCN(c1cc(CNC)cc(C(C)(C)C)n1)C(C)COC. The lowest BCUT2D eigenvalue weighted by atomic mass is 9.90. The summed E-state index contributed by atoms with van der Waals surface area (Å²) in [6, 6.07) is 4.70. The van der Waals surface area contributed by atoms with Crippen molar-refractivity contribution in [3.8, 4) is 0 Å². The Labute approximate surface area is 129 Å². The number of likely N-dealkylation sites (N-methyl/N-ethyl adjacent to an activating group) is 1. The van der Waals surface area contributed by atoms with E-state index in [-0.39, 0.29) is 5.41 Å². The lowest BCUT2D eigenvalue weighted by Gasteiger charge is -2.30. The number of rotatable bonds is 7. The van der Waals surface area contributed by atoms with Gasteiger partial charge in [0.2, 0.25) is 0 Å². The molecule has 0 radical (unpaired) electrons. The molecule has 0 saturated carbocycles. The van der Waals surface area contributed by atoms with Gasteiger partial charge in [-0.15, -0.1) is 0 Å². The van der Waals surface area contributed by atoms with Crippen LogP contribution in [-0.2, 0) is 16.7 Å². The second kappa shape index (κ2) is 7.76. The van der Waals surface area contributed by atoms with Crippen molar-refractivity contribution in [1.29, 1.82) is 0 Å². The zero-order valence-corrected chi connectivity index (χ0v) is 14.7. The number of hydrogen-bond acceptors (Lipinski definition) is 4. The first kappa shape index (κ1) is 17.9. The molecule has 0 amide bonds. The Morgan fingerprint density at radius 3 is 2.48 bits per heavy atom. The summed E-state index contributed by atoms with van der Waals surface area (Å²) in [6.45, 7) is 13.4. The van der Waals surface area contributed by atoms with Crippen molar-refractivity contribution in [2.45, 2.75) is 52.6 Å². The third-order valence-corrected chi connectivity index (χ3v) is 3.60. The molecule has 0 saturated heterocycles. The summed E-state index contributed by atoms with van der Waals surface area (Å²) >= 11 is 0. The molecule has 120 valence electrons. The predicted octanol–water partition coefficient (Wildman–Crippen LogP) is 2.96. The summed E-state index contributed by atoms with van der Waals surface area (Å²) < 4.78 is 5.30. The minimum absolute atomic E-state index is 0.0441. The molecule has 0 aliphatic rings. The van der Waals surface area contributed by atoms with Gasteiger partial charge in [0.05, 0.1) is 12.6 Å². The van der Waals surface area contributed by atoms with Gasteiger partial charge in [0, 0.05) is 31.3 Å². The molecule has 1 atom stereocenters. The Hall–Kier alpha value is -1.13. The van der Waals surface area contributed by atoms with E-state index in [9.17, 15) is 0 Å². The van der Waals surface area contributed by atoms with E-state index in [0.29, 0.717) is 12.6 Å². The van der Waals surface area contributed by atoms with Gasteiger partial charge in [0.1, 0.15) is 5.82 Å². The summed E-state index contributed by atoms with van der Waals surface area (Å²) in [5, 5.41) is 3.23. The molecule has 21 heavy (non-hydrogen) atoms. The highest BCUT2D eigenvalue weighted by Crippen LogP contribution is 2.25. The van der Waals surface area contributed by atoms with E-state index in [1.807, 2.05) is 7.05 Å². The normalized spacial score (nSPS) is 13.3. The molecule has 1 aromatic rings. The van der Waals surface area contributed by atoms with Crippen LogP contribution in [-0.4, -0.2) is 38.3 Å². The van der Waals surface area contributed by atoms with Crippen LogP contribution in [0, 0.1) is 0 Å². The number of pyridine rings is 1. The molecule has 1 unspecified atom stereocenters. The number of nitrogens with zero attached hydrogens (tertiary/aromatic N) is 2. The van der Waals surface area contributed by atoms with Gasteiger partial charge in [0.25, 0.3) is 0 Å². The van der Waals surface area contributed by atoms with Crippen LogP contribution >= 0.6 is 0 Å². The van der Waals surface area contributed by atoms with Crippen molar-refractivity contribution in [2.24, 2.45) is 0 Å². The molecular weight excluding hydrogens is 262 g/mol. The molecule has 4 nitrogen and oxygen atoms in total. The number of nitrogens with one attached hydrogen (secondary N) is 1. The molecule has 0 aromatic carbocycles. The second-order valence-electron chi connectivity index (χ2n) is 6.59. The van der Waals surface area contributed by atoms with Crippen LogP contribution in [0.25, 0.3) is 0 Å². The summed E-state index contributed by atoms with van der Waals surface area (Å²) in [5.74, 6) is 1.04. The Bertz CT molecular complexity index is 440. The first-order valence-corrected chi connectivity index (χ1v) is 7.75. The van der Waals surface area contributed by atoms with E-state index in [2.05, 4.69) is 57.0 Å². The fourth-order valence-corrected chi connectivity index (χ4v) is 2.44. The number of aromatic nitrogens is 1. The zero-order chi connectivity index (χ0) is 16.0. The molecule has 0 aliphatic carbocycles. The van der Waals surface area contributed by atoms with Crippen LogP contribution in [0.15, 0.2) is 12.1 Å². The lowest BCUT2D eigenvalue weighted by Crippen LogP contribution is -2.37. The summed E-state index contributed by atoms with van der Waals surface area (Å²) in [4.78, 5) is 7.21. The molecule has 1 N–H and O–H groups in total. The van der Waals surface area contributed by atoms with Gasteiger partial charge in [-0.3, -0.25) is 0 Å². The lowest BCUT2D eigenvalue weighted by molar-refractivity contribution is 0.181. The average Bonchev–Trinajstić information content (AvgIpc) is 2.39. The summed E-state index contributed by atoms with van der Waals surface area (Å²) in [7, 11) is 3.72. The van der Waals surface area contributed by atoms with Gasteiger partial charge >= 0.3 is 0 Å². The maximum atomic E-state index is 5.30. The fraction of sp³-hybridized carbons (Fsp3) is 0.706. The standard InChI is InChI=1S/C17H31N3O/c1-8-20(13(2)12-21-7)16-10-14(11-18-6)9-15(19-16)17(3,4)5/h9-10,13,18H,8,11-12H2,1-7H3. The predicted molar refractivity (Wildman–Crippen MR) is 90.1 cm³/mol. The summed E-state index contributed by atoms with van der Waals surface area (Å²) in [6.07, 6.45) is 0. The smallest absolute Gasteiger partial charge is 0.129 e. The van der Waals surface area contributed by atoms with E-state index in [0.717, 1.165) is 24.6 Å². The number of anilines is 1. The van der Waals surface area contributed by atoms with Crippen molar-refractivity contribution in [2.75, 3.05) is 32.2 Å². The van der Waals surface area contributed by atoms with Gasteiger partial charge < -0.3 is 15.0 Å². The van der Waals surface area contributed by atoms with Crippen molar-refractivity contribution >= 4 is 5.82 Å². The van der Waals surface area contributed by atoms with Crippen molar-refractivity contribution in [1.82, 2.24) is 10.3 Å². The second-order valence-corrected chi connectivity index (χ2v) is 6.59. The fourth-order valence-electron chi connectivity index (χ4n) is 2.44. The molecule has 1 aromatic heterocycles. The number of ether oxygens (including phenoxy) is 1. The van der Waals surface area contributed by atoms with Gasteiger partial charge in [-0.05, 0) is 38.6 Å². The molecule has 1 heterocycles. The first-order chi connectivity index (χ1) is 9.83. The van der Waals surface area contributed by atoms with Crippen LogP contribution in [0.4, 0.5) is 5.82 Å². The van der Waals surface area contributed by atoms with Gasteiger partial charge in [-0.1, -0.05) is 20.8 Å². The Morgan fingerprint density at radius 2 is 2.00 bits per heavy atom. The van der Waals surface area contributed by atoms with E-state index < -0.39 is 0 Å². The zero-order valence-electron chi connectivity index (χ0n) is 14.7. The van der Waals surface area contributed by atoms with Gasteiger partial charge in [-0.25, -0.2) is 4.98 Å². The highest BCUT2D eigenvalue weighted by Gasteiger charge is 2.20. The average molecular weight is 293 g/mol. The number of hydrogen-bond donors (Lipinski definition) is 1. The minimum Gasteiger partial charge on any atom is -0.383 e. The highest BCUT2D eigenvalue weighted by molar-refractivity contribution is 5.45. The molecule has 4 heteroatoms. The van der Waals surface area contributed by atoms with E-state index in [1.54, 1.807) is 7.11 Å². The van der Waals surface area contributed by atoms with E-state index in [4.69, 9.17) is 9.72 Å².